The van der Waals surface area contributed by atoms with E-state index in [1.54, 1.807) is 6.07 Å². The third kappa shape index (κ3) is 3.59. The normalized spacial score (nSPS) is 16.3. The molecule has 1 saturated heterocycles. The first kappa shape index (κ1) is 15.0. The van der Waals surface area contributed by atoms with E-state index in [4.69, 9.17) is 10.8 Å². The summed E-state index contributed by atoms with van der Waals surface area (Å²) in [5.74, 6) is -1.99. The number of para-hydroxylation sites is 1. The molecule has 0 atom stereocenters. The number of hydrogen-bond donors (Lipinski definition) is 2. The number of rotatable bonds is 4. The van der Waals surface area contributed by atoms with Gasteiger partial charge in [-0.05, 0) is 25.0 Å². The standard InChI is InChI=1S/C15H17FN2O3/c16-12-3-1-2-10(4-5-13(19)20)14(12)18-8-6-11(7-9-18)15(17)21/h1-5,11H,6-9H2,(H2,17,21)(H,19,20)/b5-4+. The molecule has 0 bridgehead atoms. The lowest BCUT2D eigenvalue weighted by molar-refractivity contribution is -0.131. The highest BCUT2D eigenvalue weighted by Crippen LogP contribution is 2.29. The van der Waals surface area contributed by atoms with Crippen LogP contribution in [0.25, 0.3) is 6.08 Å². The van der Waals surface area contributed by atoms with Crippen LogP contribution in [0, 0.1) is 11.7 Å². The largest absolute Gasteiger partial charge is 0.478 e. The van der Waals surface area contributed by atoms with E-state index < -0.39 is 11.8 Å². The fourth-order valence-corrected chi connectivity index (χ4v) is 2.55. The van der Waals surface area contributed by atoms with E-state index in [0.717, 1.165) is 6.08 Å². The third-order valence-corrected chi connectivity index (χ3v) is 3.64. The summed E-state index contributed by atoms with van der Waals surface area (Å²) in [7, 11) is 0. The number of hydrogen-bond acceptors (Lipinski definition) is 3. The number of aliphatic carboxylic acids is 1. The van der Waals surface area contributed by atoms with Crippen molar-refractivity contribution in [3.63, 3.8) is 0 Å². The molecule has 0 spiro atoms. The van der Waals surface area contributed by atoms with E-state index in [9.17, 15) is 14.0 Å². The van der Waals surface area contributed by atoms with E-state index in [1.807, 2.05) is 4.90 Å². The topological polar surface area (TPSA) is 83.6 Å². The van der Waals surface area contributed by atoms with Crippen LogP contribution in [0.15, 0.2) is 24.3 Å². The first-order valence-corrected chi connectivity index (χ1v) is 6.73. The number of nitrogens with two attached hydrogens (primary N) is 1. The van der Waals surface area contributed by atoms with Crippen LogP contribution in [0.5, 0.6) is 0 Å². The van der Waals surface area contributed by atoms with E-state index >= 15 is 0 Å². The van der Waals surface area contributed by atoms with Crippen molar-refractivity contribution in [1.29, 1.82) is 0 Å². The monoisotopic (exact) mass is 292 g/mol. The number of anilines is 1. The molecular weight excluding hydrogens is 275 g/mol. The van der Waals surface area contributed by atoms with Gasteiger partial charge in [-0.1, -0.05) is 12.1 Å². The first-order valence-electron chi connectivity index (χ1n) is 6.73. The molecule has 1 fully saturated rings. The minimum absolute atomic E-state index is 0.175. The Balaban J connectivity index is 2.23. The Hall–Kier alpha value is -2.37. The van der Waals surface area contributed by atoms with Crippen molar-refractivity contribution in [2.45, 2.75) is 12.8 Å². The Morgan fingerprint density at radius 1 is 1.33 bits per heavy atom. The third-order valence-electron chi connectivity index (χ3n) is 3.64. The molecule has 0 aliphatic carbocycles. The molecule has 1 aromatic rings. The van der Waals surface area contributed by atoms with E-state index in [2.05, 4.69) is 0 Å². The Morgan fingerprint density at radius 2 is 2.00 bits per heavy atom. The molecule has 0 radical (unpaired) electrons. The fourth-order valence-electron chi connectivity index (χ4n) is 2.55. The zero-order valence-electron chi connectivity index (χ0n) is 11.5. The summed E-state index contributed by atoms with van der Waals surface area (Å²) in [6.07, 6.45) is 3.51. The van der Waals surface area contributed by atoms with Gasteiger partial charge in [0.2, 0.25) is 5.91 Å². The highest BCUT2D eigenvalue weighted by atomic mass is 19.1. The highest BCUT2D eigenvalue weighted by molar-refractivity contribution is 5.87. The molecule has 1 aromatic carbocycles. The second-order valence-corrected chi connectivity index (χ2v) is 5.01. The predicted octanol–water partition coefficient (Wildman–Crippen LogP) is 1.63. The van der Waals surface area contributed by atoms with Gasteiger partial charge in [-0.15, -0.1) is 0 Å². The summed E-state index contributed by atoms with van der Waals surface area (Å²) in [5.41, 5.74) is 6.17. The maximum Gasteiger partial charge on any atom is 0.328 e. The zero-order chi connectivity index (χ0) is 15.4. The average Bonchev–Trinajstić information content (AvgIpc) is 2.45. The number of amides is 1. The fraction of sp³-hybridized carbons (Fsp3) is 0.333. The summed E-state index contributed by atoms with van der Waals surface area (Å²) < 4.78 is 14.1. The summed E-state index contributed by atoms with van der Waals surface area (Å²) in [6.45, 7) is 1.03. The number of carbonyl (C=O) groups excluding carboxylic acids is 1. The van der Waals surface area contributed by atoms with Gasteiger partial charge >= 0.3 is 5.97 Å². The van der Waals surface area contributed by atoms with Gasteiger partial charge in [0, 0.05) is 30.6 Å². The van der Waals surface area contributed by atoms with Gasteiger partial charge in [0.25, 0.3) is 0 Å². The van der Waals surface area contributed by atoms with Gasteiger partial charge in [-0.3, -0.25) is 4.79 Å². The van der Waals surface area contributed by atoms with Gasteiger partial charge in [0.05, 0.1) is 5.69 Å². The molecule has 2 rings (SSSR count). The average molecular weight is 292 g/mol. The highest BCUT2D eigenvalue weighted by Gasteiger charge is 2.25. The first-order chi connectivity index (χ1) is 9.99. The molecule has 21 heavy (non-hydrogen) atoms. The van der Waals surface area contributed by atoms with Gasteiger partial charge in [0.1, 0.15) is 5.82 Å². The van der Waals surface area contributed by atoms with Gasteiger partial charge in [-0.25, -0.2) is 9.18 Å². The molecule has 6 heteroatoms. The van der Waals surface area contributed by atoms with E-state index in [0.29, 0.717) is 37.2 Å². The lowest BCUT2D eigenvalue weighted by atomic mass is 9.95. The summed E-state index contributed by atoms with van der Waals surface area (Å²) >= 11 is 0. The Morgan fingerprint density at radius 3 is 2.57 bits per heavy atom. The van der Waals surface area contributed by atoms with Gasteiger partial charge in [-0.2, -0.15) is 0 Å². The van der Waals surface area contributed by atoms with Gasteiger partial charge in [0.15, 0.2) is 0 Å². The minimum Gasteiger partial charge on any atom is -0.478 e. The Bertz CT molecular complexity index is 578. The SMILES string of the molecule is NC(=O)C1CCN(c2c(F)cccc2/C=C/C(=O)O)CC1. The number of primary amides is 1. The number of piperidine rings is 1. The molecule has 1 heterocycles. The second-order valence-electron chi connectivity index (χ2n) is 5.01. The van der Waals surface area contributed by atoms with Crippen molar-refractivity contribution in [1.82, 2.24) is 0 Å². The number of carboxylic acids is 1. The molecule has 0 saturated carbocycles. The summed E-state index contributed by atoms with van der Waals surface area (Å²) in [6, 6.07) is 4.54. The Labute approximate surface area is 121 Å². The van der Waals surface area contributed by atoms with Crippen LogP contribution in [0.3, 0.4) is 0 Å². The van der Waals surface area contributed by atoms with Crippen molar-refractivity contribution in [2.24, 2.45) is 11.7 Å². The molecule has 112 valence electrons. The molecular formula is C15H17FN2O3. The maximum atomic E-state index is 14.1. The van der Waals surface area contributed by atoms with Crippen molar-refractivity contribution < 1.29 is 19.1 Å². The van der Waals surface area contributed by atoms with Crippen molar-refractivity contribution in [3.8, 4) is 0 Å². The van der Waals surface area contributed by atoms with E-state index in [-0.39, 0.29) is 11.8 Å². The van der Waals surface area contributed by atoms with Crippen LogP contribution in [0.4, 0.5) is 10.1 Å². The van der Waals surface area contributed by atoms with Crippen LogP contribution in [0.2, 0.25) is 0 Å². The molecule has 1 aliphatic heterocycles. The lowest BCUT2D eigenvalue weighted by Gasteiger charge is -2.33. The van der Waals surface area contributed by atoms with Gasteiger partial charge < -0.3 is 15.7 Å². The maximum absolute atomic E-state index is 14.1. The Kier molecular flexibility index (Phi) is 4.57. The van der Waals surface area contributed by atoms with Crippen LogP contribution in [-0.4, -0.2) is 30.1 Å². The zero-order valence-corrected chi connectivity index (χ0v) is 11.5. The van der Waals surface area contributed by atoms with Crippen LogP contribution in [-0.2, 0) is 9.59 Å². The van der Waals surface area contributed by atoms with Crippen LogP contribution < -0.4 is 10.6 Å². The van der Waals surface area contributed by atoms with Crippen LogP contribution >= 0.6 is 0 Å². The molecule has 1 aliphatic rings. The molecule has 1 amide bonds. The van der Waals surface area contributed by atoms with Crippen molar-refractivity contribution in [3.05, 3.63) is 35.7 Å². The van der Waals surface area contributed by atoms with Crippen LogP contribution in [0.1, 0.15) is 18.4 Å². The van der Waals surface area contributed by atoms with Crippen molar-refractivity contribution >= 4 is 23.6 Å². The second kappa shape index (κ2) is 6.39. The molecule has 0 aromatic heterocycles. The molecule has 0 unspecified atom stereocenters. The quantitative estimate of drug-likeness (QED) is 0.826. The molecule has 5 nitrogen and oxygen atoms in total. The minimum atomic E-state index is -1.09. The molecule has 3 N–H and O–H groups in total. The van der Waals surface area contributed by atoms with E-state index in [1.165, 1.54) is 18.2 Å². The lowest BCUT2D eigenvalue weighted by Crippen LogP contribution is -2.39. The summed E-state index contributed by atoms with van der Waals surface area (Å²) in [5, 5.41) is 8.70. The number of benzene rings is 1. The number of nitrogens with zero attached hydrogens (tertiary/aromatic N) is 1. The summed E-state index contributed by atoms with van der Waals surface area (Å²) in [4.78, 5) is 23.6. The smallest absolute Gasteiger partial charge is 0.328 e. The number of carbonyl (C=O) groups is 2. The number of halogens is 1. The predicted molar refractivity (Wildman–Crippen MR) is 77.2 cm³/mol. The van der Waals surface area contributed by atoms with Crippen molar-refractivity contribution in [2.75, 3.05) is 18.0 Å². The number of carboxylic acid groups (broad SMARTS) is 1.